The fraction of sp³-hybridized carbons (Fsp3) is 0.857. The van der Waals surface area contributed by atoms with Gasteiger partial charge in [0.1, 0.15) is 13.2 Å². The lowest BCUT2D eigenvalue weighted by molar-refractivity contribution is -0.210. The zero-order valence-electron chi connectivity index (χ0n) is 33.2. The van der Waals surface area contributed by atoms with E-state index < -0.39 is 14.4 Å². The number of allylic oxidation sites excluding steroid dienone is 4. The number of carbonyl (C=O) groups excluding carboxylic acids is 2. The standard InChI is InChI=1S/C42H78O8P/c1-4-7-9-11-13-15-17-19-21-23-25-27-29-31-33-35-41(43)46-38-40(39-48-51(45)50-47-37-6-3)49-42(44)36-34-32-30-28-26-24-22-20-18-16-14-12-10-8-5-2/h19-22,40H,4-18,23-39H2,1-3H3/q+1/b21-19+,22-20+. The highest BCUT2D eigenvalue weighted by atomic mass is 31.1. The number of esters is 2. The second-order valence-electron chi connectivity index (χ2n) is 13.9. The van der Waals surface area contributed by atoms with Crippen LogP contribution in [0, 0.1) is 0 Å². The van der Waals surface area contributed by atoms with Crippen molar-refractivity contribution in [2.75, 3.05) is 19.8 Å². The second kappa shape index (κ2) is 41.2. The monoisotopic (exact) mass is 742 g/mol. The van der Waals surface area contributed by atoms with Crippen LogP contribution in [0.15, 0.2) is 24.3 Å². The summed E-state index contributed by atoms with van der Waals surface area (Å²) < 4.78 is 32.8. The number of carbonyl (C=O) groups is 2. The van der Waals surface area contributed by atoms with Gasteiger partial charge in [-0.25, -0.2) is 0 Å². The number of hydrogen-bond donors (Lipinski definition) is 0. The molecule has 0 fully saturated rings. The van der Waals surface area contributed by atoms with Gasteiger partial charge in [0, 0.05) is 17.4 Å². The van der Waals surface area contributed by atoms with Gasteiger partial charge < -0.3 is 9.47 Å². The average Bonchev–Trinajstić information content (AvgIpc) is 3.12. The summed E-state index contributed by atoms with van der Waals surface area (Å²) >= 11 is 0. The molecule has 51 heavy (non-hydrogen) atoms. The molecule has 2 unspecified atom stereocenters. The first kappa shape index (κ1) is 49.4. The van der Waals surface area contributed by atoms with Gasteiger partial charge in [-0.1, -0.05) is 148 Å². The van der Waals surface area contributed by atoms with Crippen molar-refractivity contribution < 1.29 is 37.7 Å². The molecule has 0 bridgehead atoms. The SMILES string of the molecule is CCCCCCCC/C=C/CCCCCCCC(=O)OCC(CO[P+](=O)OOCCC)OC(=O)CCCCCCC/C=C/CCCCCCCC. The Labute approximate surface area is 314 Å². The minimum atomic E-state index is -2.54. The molecule has 298 valence electrons. The maximum Gasteiger partial charge on any atom is 0.728 e. The van der Waals surface area contributed by atoms with Gasteiger partial charge in [-0.2, -0.15) is 4.89 Å². The van der Waals surface area contributed by atoms with Gasteiger partial charge in [0.05, 0.1) is 11.3 Å². The number of ether oxygens (including phenoxy) is 2. The Morgan fingerprint density at radius 3 is 1.37 bits per heavy atom. The molecule has 0 aliphatic carbocycles. The predicted molar refractivity (Wildman–Crippen MR) is 211 cm³/mol. The van der Waals surface area contributed by atoms with Crippen molar-refractivity contribution in [2.24, 2.45) is 0 Å². The molecule has 0 heterocycles. The molecule has 0 aromatic carbocycles. The van der Waals surface area contributed by atoms with Crippen LogP contribution < -0.4 is 0 Å². The van der Waals surface area contributed by atoms with E-state index in [-0.39, 0.29) is 38.2 Å². The Morgan fingerprint density at radius 1 is 0.510 bits per heavy atom. The summed E-state index contributed by atoms with van der Waals surface area (Å²) in [6, 6.07) is 0. The largest absolute Gasteiger partial charge is 0.728 e. The summed E-state index contributed by atoms with van der Waals surface area (Å²) in [5, 5.41) is 0. The lowest BCUT2D eigenvalue weighted by Crippen LogP contribution is -2.29. The van der Waals surface area contributed by atoms with Crippen LogP contribution in [0.5, 0.6) is 0 Å². The summed E-state index contributed by atoms with van der Waals surface area (Å²) in [5.74, 6) is -0.717. The first-order valence-electron chi connectivity index (χ1n) is 21.1. The van der Waals surface area contributed by atoms with E-state index in [1.807, 2.05) is 6.92 Å². The van der Waals surface area contributed by atoms with E-state index in [1.54, 1.807) is 0 Å². The third-order valence-electron chi connectivity index (χ3n) is 8.78. The van der Waals surface area contributed by atoms with E-state index in [4.69, 9.17) is 23.6 Å². The van der Waals surface area contributed by atoms with Gasteiger partial charge in [0.2, 0.25) is 0 Å². The molecule has 0 amide bonds. The zero-order valence-corrected chi connectivity index (χ0v) is 34.1. The second-order valence-corrected chi connectivity index (χ2v) is 14.7. The van der Waals surface area contributed by atoms with Gasteiger partial charge in [-0.15, -0.1) is 4.52 Å². The normalized spacial score (nSPS) is 12.6. The first-order valence-corrected chi connectivity index (χ1v) is 22.2. The first-order chi connectivity index (χ1) is 25.0. The molecule has 0 rings (SSSR count). The van der Waals surface area contributed by atoms with E-state index in [0.717, 1.165) is 64.2 Å². The van der Waals surface area contributed by atoms with Crippen molar-refractivity contribution in [3.05, 3.63) is 24.3 Å². The number of rotatable bonds is 40. The summed E-state index contributed by atoms with van der Waals surface area (Å²) in [5.41, 5.74) is 0. The fourth-order valence-electron chi connectivity index (χ4n) is 5.63. The molecule has 0 saturated carbocycles. The Hall–Kier alpha value is -1.60. The van der Waals surface area contributed by atoms with Crippen molar-refractivity contribution in [1.29, 1.82) is 0 Å². The van der Waals surface area contributed by atoms with Gasteiger partial charge >= 0.3 is 20.2 Å². The van der Waals surface area contributed by atoms with Crippen LogP contribution in [0.2, 0.25) is 0 Å². The molecule has 0 N–H and O–H groups in total. The third kappa shape index (κ3) is 39.4. The molecule has 0 aliphatic rings. The lowest BCUT2D eigenvalue weighted by Gasteiger charge is -2.15. The van der Waals surface area contributed by atoms with Crippen LogP contribution in [-0.4, -0.2) is 37.9 Å². The molecule has 0 aliphatic heterocycles. The van der Waals surface area contributed by atoms with Gasteiger partial charge in [-0.3, -0.25) is 9.59 Å². The Kier molecular flexibility index (Phi) is 39.9. The minimum Gasteiger partial charge on any atom is -0.462 e. The van der Waals surface area contributed by atoms with Crippen molar-refractivity contribution in [3.63, 3.8) is 0 Å². The van der Waals surface area contributed by atoms with Crippen LogP contribution in [-0.2, 0) is 37.7 Å². The number of hydrogen-bond acceptors (Lipinski definition) is 8. The van der Waals surface area contributed by atoms with E-state index >= 15 is 0 Å². The summed E-state index contributed by atoms with van der Waals surface area (Å²) in [6.07, 6.45) is 40.6. The minimum absolute atomic E-state index is 0.152. The maximum absolute atomic E-state index is 12.6. The fourth-order valence-corrected chi connectivity index (χ4v) is 6.12. The van der Waals surface area contributed by atoms with E-state index in [2.05, 4.69) is 38.2 Å². The predicted octanol–water partition coefficient (Wildman–Crippen LogP) is 13.5. The molecule has 8 nitrogen and oxygen atoms in total. The van der Waals surface area contributed by atoms with Crippen LogP contribution in [0.3, 0.4) is 0 Å². The zero-order chi connectivity index (χ0) is 37.3. The summed E-state index contributed by atoms with van der Waals surface area (Å²) in [7, 11) is -2.54. The third-order valence-corrected chi connectivity index (χ3v) is 9.37. The molecule has 0 saturated heterocycles. The van der Waals surface area contributed by atoms with Crippen molar-refractivity contribution >= 4 is 20.2 Å². The van der Waals surface area contributed by atoms with Crippen LogP contribution in [0.4, 0.5) is 0 Å². The Bertz CT molecular complexity index is 847. The molecule has 0 radical (unpaired) electrons. The summed E-state index contributed by atoms with van der Waals surface area (Å²) in [6.45, 7) is 6.32. The van der Waals surface area contributed by atoms with Crippen LogP contribution in [0.25, 0.3) is 0 Å². The Morgan fingerprint density at radius 2 is 0.922 bits per heavy atom. The van der Waals surface area contributed by atoms with Crippen molar-refractivity contribution in [3.8, 4) is 0 Å². The van der Waals surface area contributed by atoms with Gasteiger partial charge in [0.15, 0.2) is 6.10 Å². The van der Waals surface area contributed by atoms with Crippen LogP contribution in [0.1, 0.15) is 207 Å². The van der Waals surface area contributed by atoms with E-state index in [1.165, 1.54) is 103 Å². The van der Waals surface area contributed by atoms with Crippen LogP contribution >= 0.6 is 8.25 Å². The molecule has 0 aromatic heterocycles. The van der Waals surface area contributed by atoms with Gasteiger partial charge in [0.25, 0.3) is 0 Å². The molecular formula is C42H78O8P+. The smallest absolute Gasteiger partial charge is 0.462 e. The lowest BCUT2D eigenvalue weighted by atomic mass is 10.1. The van der Waals surface area contributed by atoms with Gasteiger partial charge in [-0.05, 0) is 70.6 Å². The highest BCUT2D eigenvalue weighted by molar-refractivity contribution is 7.33. The van der Waals surface area contributed by atoms with Crippen molar-refractivity contribution in [2.45, 2.75) is 213 Å². The summed E-state index contributed by atoms with van der Waals surface area (Å²) in [4.78, 5) is 29.7. The highest BCUT2D eigenvalue weighted by Gasteiger charge is 2.27. The molecule has 0 aromatic rings. The Balaban J connectivity index is 4.15. The molecular weight excluding hydrogens is 663 g/mol. The quantitative estimate of drug-likeness (QED) is 0.0153. The molecule has 0 spiro atoms. The number of unbranched alkanes of at least 4 members (excludes halogenated alkanes) is 22. The van der Waals surface area contributed by atoms with E-state index in [9.17, 15) is 14.2 Å². The highest BCUT2D eigenvalue weighted by Crippen LogP contribution is 2.25. The van der Waals surface area contributed by atoms with Crippen molar-refractivity contribution in [1.82, 2.24) is 0 Å². The average molecular weight is 742 g/mol. The van der Waals surface area contributed by atoms with E-state index in [0.29, 0.717) is 12.8 Å². The molecule has 9 heteroatoms. The topological polar surface area (TPSA) is 97.4 Å². The maximum atomic E-state index is 12.6. The molecule has 2 atom stereocenters.